The standard InChI is InChI=1S/2C12H25NO.C12H14O4/c2*1-2-3-4-5-6-7-8-9-10-11-12(13)14;13-11(14)9-7-5-3-1-2-4-6-8-10-12(15)16/h2*2-11H2,1H3,(H2,13,14);5-10H2,(H,13,14)(H,15,16). The van der Waals surface area contributed by atoms with Gasteiger partial charge in [-0.05, 0) is 37.5 Å². The molecule has 0 aromatic rings. The first-order valence-corrected chi connectivity index (χ1v) is 17.1. The molecule has 0 atom stereocenters. The summed E-state index contributed by atoms with van der Waals surface area (Å²) < 4.78 is 0. The number of carbonyl (C=O) groups excluding carboxylic acids is 2. The Bertz CT molecular complexity index is 752. The number of hydrogen-bond acceptors (Lipinski definition) is 4. The van der Waals surface area contributed by atoms with Gasteiger partial charge in [0.05, 0.1) is 0 Å². The summed E-state index contributed by atoms with van der Waals surface area (Å²) in [5, 5.41) is 16.7. The number of carboxylic acids is 2. The topological polar surface area (TPSA) is 161 Å². The van der Waals surface area contributed by atoms with Gasteiger partial charge in [0.25, 0.3) is 0 Å². The first-order valence-electron chi connectivity index (χ1n) is 17.1. The Morgan fingerprint density at radius 1 is 0.432 bits per heavy atom. The Hall–Kier alpha value is -3.00. The Morgan fingerprint density at radius 3 is 0.955 bits per heavy atom. The third-order valence-corrected chi connectivity index (χ3v) is 6.68. The third kappa shape index (κ3) is 55.0. The van der Waals surface area contributed by atoms with Gasteiger partial charge in [-0.2, -0.15) is 0 Å². The highest BCUT2D eigenvalue weighted by Crippen LogP contribution is 2.11. The highest BCUT2D eigenvalue weighted by Gasteiger charge is 1.96. The molecule has 0 radical (unpaired) electrons. The van der Waals surface area contributed by atoms with Crippen LogP contribution in [-0.2, 0) is 19.2 Å². The molecule has 0 aliphatic carbocycles. The molecule has 0 fully saturated rings. The molecule has 2 amide bonds. The first kappa shape index (κ1) is 45.4. The van der Waals surface area contributed by atoms with Crippen LogP contribution in [0.25, 0.3) is 0 Å². The van der Waals surface area contributed by atoms with E-state index in [0.29, 0.717) is 38.5 Å². The number of rotatable bonds is 26. The molecule has 0 rings (SSSR count). The molecule has 6 N–H and O–H groups in total. The van der Waals surface area contributed by atoms with Crippen LogP contribution in [0.1, 0.15) is 181 Å². The summed E-state index contributed by atoms with van der Waals surface area (Å²) in [6, 6.07) is 0. The van der Waals surface area contributed by atoms with E-state index in [1.165, 1.54) is 89.9 Å². The van der Waals surface area contributed by atoms with Gasteiger partial charge in [-0.3, -0.25) is 19.2 Å². The van der Waals surface area contributed by atoms with Crippen molar-refractivity contribution in [1.82, 2.24) is 0 Å². The normalized spacial score (nSPS) is 9.59. The molecule has 0 aliphatic heterocycles. The van der Waals surface area contributed by atoms with Gasteiger partial charge in [0.2, 0.25) is 11.8 Å². The van der Waals surface area contributed by atoms with E-state index < -0.39 is 11.9 Å². The van der Waals surface area contributed by atoms with Gasteiger partial charge in [-0.25, -0.2) is 0 Å². The molecule has 0 saturated heterocycles. The van der Waals surface area contributed by atoms with Crippen LogP contribution in [0.5, 0.6) is 0 Å². The van der Waals surface area contributed by atoms with Crippen molar-refractivity contribution in [3.05, 3.63) is 0 Å². The van der Waals surface area contributed by atoms with E-state index in [4.69, 9.17) is 21.7 Å². The second-order valence-electron chi connectivity index (χ2n) is 11.2. The van der Waals surface area contributed by atoms with Crippen molar-refractivity contribution in [2.75, 3.05) is 0 Å². The van der Waals surface area contributed by atoms with Gasteiger partial charge in [0.1, 0.15) is 0 Å². The van der Waals surface area contributed by atoms with E-state index in [1.54, 1.807) is 0 Å². The molecule has 0 spiro atoms. The molecule has 8 nitrogen and oxygen atoms in total. The van der Waals surface area contributed by atoms with Crippen molar-refractivity contribution < 1.29 is 29.4 Å². The predicted molar refractivity (Wildman–Crippen MR) is 181 cm³/mol. The van der Waals surface area contributed by atoms with Crippen molar-refractivity contribution in [3.8, 4) is 23.7 Å². The van der Waals surface area contributed by atoms with Gasteiger partial charge in [0.15, 0.2) is 0 Å². The second kappa shape index (κ2) is 40.0. The summed E-state index contributed by atoms with van der Waals surface area (Å²) in [6.07, 6.45) is 26.6. The van der Waals surface area contributed by atoms with Gasteiger partial charge in [-0.15, -0.1) is 0 Å². The number of primary amides is 2. The van der Waals surface area contributed by atoms with E-state index in [1.807, 2.05) is 0 Å². The van der Waals surface area contributed by atoms with Crippen LogP contribution in [0, 0.1) is 23.7 Å². The molecule has 0 aromatic carbocycles. The Balaban J connectivity index is -0.000000575. The SMILES string of the molecule is CCCCCCCCCCCC(N)=O.CCCCCCCCCCCC(N)=O.O=C(O)CCCC#CC#CCCCC(=O)O. The van der Waals surface area contributed by atoms with Gasteiger partial charge in [-0.1, -0.05) is 128 Å². The molecule has 44 heavy (non-hydrogen) atoms. The lowest BCUT2D eigenvalue weighted by Gasteiger charge is -2.00. The van der Waals surface area contributed by atoms with Crippen LogP contribution in [-0.4, -0.2) is 34.0 Å². The summed E-state index contributed by atoms with van der Waals surface area (Å²) >= 11 is 0. The average molecular weight is 621 g/mol. The molecule has 254 valence electrons. The molecule has 0 saturated carbocycles. The lowest BCUT2D eigenvalue weighted by Crippen LogP contribution is -2.09. The van der Waals surface area contributed by atoms with E-state index in [-0.39, 0.29) is 24.7 Å². The summed E-state index contributed by atoms with van der Waals surface area (Å²) in [5.41, 5.74) is 10.1. The van der Waals surface area contributed by atoms with E-state index in [9.17, 15) is 19.2 Å². The maximum absolute atomic E-state index is 10.4. The van der Waals surface area contributed by atoms with Crippen molar-refractivity contribution >= 4 is 23.8 Å². The average Bonchev–Trinajstić information content (AvgIpc) is 2.96. The molecule has 0 aliphatic rings. The zero-order valence-electron chi connectivity index (χ0n) is 28.1. The fourth-order valence-corrected chi connectivity index (χ4v) is 4.09. The fraction of sp³-hybridized carbons (Fsp3) is 0.778. The minimum Gasteiger partial charge on any atom is -0.481 e. The first-order chi connectivity index (χ1) is 21.2. The van der Waals surface area contributed by atoms with E-state index in [0.717, 1.165) is 25.7 Å². The molecule has 0 unspecified atom stereocenters. The minimum atomic E-state index is -0.818. The highest BCUT2D eigenvalue weighted by molar-refractivity contribution is 5.73. The number of hydrogen-bond donors (Lipinski definition) is 4. The smallest absolute Gasteiger partial charge is 0.303 e. The van der Waals surface area contributed by atoms with Crippen molar-refractivity contribution in [2.45, 2.75) is 181 Å². The van der Waals surface area contributed by atoms with Gasteiger partial charge < -0.3 is 21.7 Å². The molecule has 0 aromatic heterocycles. The van der Waals surface area contributed by atoms with Crippen LogP contribution in [0.2, 0.25) is 0 Å². The van der Waals surface area contributed by atoms with Crippen molar-refractivity contribution in [2.24, 2.45) is 11.5 Å². The predicted octanol–water partition coefficient (Wildman–Crippen LogP) is 8.29. The highest BCUT2D eigenvalue weighted by atomic mass is 16.4. The Morgan fingerprint density at radius 2 is 0.705 bits per heavy atom. The van der Waals surface area contributed by atoms with Crippen molar-refractivity contribution in [1.29, 1.82) is 0 Å². The summed E-state index contributed by atoms with van der Waals surface area (Å²) in [5.74, 6) is 8.71. The Labute approximate surface area is 268 Å². The van der Waals surface area contributed by atoms with Gasteiger partial charge in [0, 0.05) is 38.5 Å². The van der Waals surface area contributed by atoms with Crippen LogP contribution in [0.3, 0.4) is 0 Å². The number of carbonyl (C=O) groups is 4. The fourth-order valence-electron chi connectivity index (χ4n) is 4.09. The third-order valence-electron chi connectivity index (χ3n) is 6.68. The summed E-state index contributed by atoms with van der Waals surface area (Å²) in [4.78, 5) is 41.1. The maximum atomic E-state index is 10.4. The lowest BCUT2D eigenvalue weighted by molar-refractivity contribution is -0.138. The van der Waals surface area contributed by atoms with E-state index in [2.05, 4.69) is 37.5 Å². The maximum Gasteiger partial charge on any atom is 0.303 e. The number of amides is 2. The zero-order chi connectivity index (χ0) is 33.5. The number of unbranched alkanes of at least 4 members (excludes halogenated alkanes) is 18. The molecule has 8 heteroatoms. The zero-order valence-corrected chi connectivity index (χ0v) is 28.1. The van der Waals surface area contributed by atoms with Crippen molar-refractivity contribution in [3.63, 3.8) is 0 Å². The number of carboxylic acid groups (broad SMARTS) is 2. The second-order valence-corrected chi connectivity index (χ2v) is 11.2. The lowest BCUT2D eigenvalue weighted by atomic mass is 10.1. The van der Waals surface area contributed by atoms with Crippen LogP contribution >= 0.6 is 0 Å². The molecule has 0 bridgehead atoms. The number of nitrogens with two attached hydrogens (primary N) is 2. The molecular weight excluding hydrogens is 556 g/mol. The van der Waals surface area contributed by atoms with Crippen LogP contribution in [0.4, 0.5) is 0 Å². The molecular formula is C36H64N2O6. The monoisotopic (exact) mass is 620 g/mol. The van der Waals surface area contributed by atoms with Gasteiger partial charge >= 0.3 is 11.9 Å². The Kier molecular flexibility index (Phi) is 41.3. The molecule has 0 heterocycles. The summed E-state index contributed by atoms with van der Waals surface area (Å²) in [6.45, 7) is 4.48. The minimum absolute atomic E-state index is 0.126. The van der Waals surface area contributed by atoms with Crippen LogP contribution in [0.15, 0.2) is 0 Å². The number of aliphatic carboxylic acids is 2. The largest absolute Gasteiger partial charge is 0.481 e. The summed E-state index contributed by atoms with van der Waals surface area (Å²) in [7, 11) is 0. The van der Waals surface area contributed by atoms with E-state index >= 15 is 0 Å². The quantitative estimate of drug-likeness (QED) is 0.0562. The van der Waals surface area contributed by atoms with Crippen LogP contribution < -0.4 is 11.5 Å².